The summed E-state index contributed by atoms with van der Waals surface area (Å²) in [6, 6.07) is 11.0. The number of dihydropyridines is 1. The fraction of sp³-hybridized carbons (Fsp3) is 0.250. The second kappa shape index (κ2) is 8.23. The highest BCUT2D eigenvalue weighted by atomic mass is 79.9. The van der Waals surface area contributed by atoms with Gasteiger partial charge in [-0.2, -0.15) is 0 Å². The Hall–Kier alpha value is -3.06. The number of rotatable bonds is 5. The van der Waals surface area contributed by atoms with Gasteiger partial charge in [-0.3, -0.25) is 4.79 Å². The molecule has 31 heavy (non-hydrogen) atoms. The number of fused-ring (bicyclic) bond motifs is 2. The monoisotopic (exact) mass is 483 g/mol. The fourth-order valence-electron chi connectivity index (χ4n) is 4.22. The first-order valence-corrected chi connectivity index (χ1v) is 10.7. The molecule has 1 atom stereocenters. The Morgan fingerprint density at radius 2 is 1.84 bits per heavy atom. The molecular formula is C24H22BrNO5. The molecule has 0 saturated heterocycles. The smallest absolute Gasteiger partial charge is 0.336 e. The Balaban J connectivity index is 1.98. The number of hydrogen-bond donors (Lipinski definition) is 1. The molecule has 160 valence electrons. The Labute approximate surface area is 189 Å². The number of allylic oxidation sites excluding steroid dienone is 2. The molecule has 0 bridgehead atoms. The molecule has 0 amide bonds. The third kappa shape index (κ3) is 3.33. The minimum Gasteiger partial charge on any atom is -0.493 e. The molecule has 0 unspecified atom stereocenters. The van der Waals surface area contributed by atoms with Gasteiger partial charge in [-0.05, 0) is 31.5 Å². The number of carbonyl (C=O) groups excluding carboxylic acids is 2. The minimum atomic E-state index is -0.637. The normalized spacial score (nSPS) is 17.2. The maximum atomic E-state index is 13.5. The van der Waals surface area contributed by atoms with Crippen LogP contribution in [0.2, 0.25) is 0 Å². The lowest BCUT2D eigenvalue weighted by molar-refractivity contribution is -0.136. The summed E-state index contributed by atoms with van der Waals surface area (Å²) in [5, 5.41) is 3.28. The van der Waals surface area contributed by atoms with Gasteiger partial charge >= 0.3 is 5.97 Å². The summed E-state index contributed by atoms with van der Waals surface area (Å²) in [4.78, 5) is 26.3. The zero-order valence-electron chi connectivity index (χ0n) is 17.7. The average Bonchev–Trinajstić information content (AvgIpc) is 3.05. The van der Waals surface area contributed by atoms with Crippen LogP contribution in [0.4, 0.5) is 0 Å². The Morgan fingerprint density at radius 1 is 1.13 bits per heavy atom. The molecule has 2 aromatic rings. The molecule has 4 rings (SSSR count). The van der Waals surface area contributed by atoms with E-state index < -0.39 is 11.9 Å². The number of ketones is 1. The van der Waals surface area contributed by atoms with E-state index in [1.54, 1.807) is 19.2 Å². The van der Waals surface area contributed by atoms with E-state index in [1.807, 2.05) is 38.1 Å². The molecule has 1 heterocycles. The molecule has 7 heteroatoms. The molecule has 0 saturated carbocycles. The van der Waals surface area contributed by atoms with Crippen molar-refractivity contribution >= 4 is 33.4 Å². The number of ether oxygens (including phenoxy) is 3. The first-order chi connectivity index (χ1) is 14.9. The molecule has 1 aliphatic carbocycles. The summed E-state index contributed by atoms with van der Waals surface area (Å²) in [6.45, 7) is 4.18. The highest BCUT2D eigenvalue weighted by molar-refractivity contribution is 9.10. The highest BCUT2D eigenvalue weighted by Crippen LogP contribution is 2.49. The van der Waals surface area contributed by atoms with Crippen LogP contribution in [-0.4, -0.2) is 32.6 Å². The Morgan fingerprint density at radius 3 is 2.48 bits per heavy atom. The predicted molar refractivity (Wildman–Crippen MR) is 120 cm³/mol. The van der Waals surface area contributed by atoms with Crippen LogP contribution >= 0.6 is 15.9 Å². The number of halogens is 1. The zero-order valence-corrected chi connectivity index (χ0v) is 19.3. The van der Waals surface area contributed by atoms with Crippen molar-refractivity contribution in [2.75, 3.05) is 20.8 Å². The van der Waals surface area contributed by atoms with E-state index in [4.69, 9.17) is 14.2 Å². The lowest BCUT2D eigenvalue weighted by atomic mass is 9.79. The molecule has 1 N–H and O–H groups in total. The highest BCUT2D eigenvalue weighted by Gasteiger charge is 2.43. The van der Waals surface area contributed by atoms with E-state index in [0.29, 0.717) is 45.0 Å². The molecule has 0 radical (unpaired) electrons. The molecule has 0 spiro atoms. The summed E-state index contributed by atoms with van der Waals surface area (Å²) in [6.07, 6.45) is 0. The van der Waals surface area contributed by atoms with Gasteiger partial charge < -0.3 is 19.5 Å². The summed E-state index contributed by atoms with van der Waals surface area (Å²) >= 11 is 3.62. The molecule has 6 nitrogen and oxygen atoms in total. The fourth-order valence-corrected chi connectivity index (χ4v) is 4.77. The van der Waals surface area contributed by atoms with Crippen LogP contribution in [-0.2, 0) is 9.53 Å². The Bertz CT molecular complexity index is 1160. The summed E-state index contributed by atoms with van der Waals surface area (Å²) in [5.41, 5.74) is 4.40. The summed E-state index contributed by atoms with van der Waals surface area (Å²) in [5.74, 6) is -0.153. The number of benzene rings is 2. The van der Waals surface area contributed by atoms with Crippen LogP contribution in [0, 0.1) is 0 Å². The first-order valence-electron chi connectivity index (χ1n) is 9.87. The molecule has 1 aliphatic heterocycles. The van der Waals surface area contributed by atoms with Crippen LogP contribution in [0.1, 0.15) is 41.3 Å². The van der Waals surface area contributed by atoms with Crippen molar-refractivity contribution in [1.82, 2.24) is 5.32 Å². The number of Topliss-reactive ketones (excluding diaryl/α,β-unsaturated/α-hetero) is 1. The zero-order chi connectivity index (χ0) is 22.3. The van der Waals surface area contributed by atoms with Crippen molar-refractivity contribution < 1.29 is 23.8 Å². The average molecular weight is 484 g/mol. The predicted octanol–water partition coefficient (Wildman–Crippen LogP) is 4.60. The van der Waals surface area contributed by atoms with Crippen LogP contribution in [0.5, 0.6) is 11.5 Å². The van der Waals surface area contributed by atoms with Crippen LogP contribution < -0.4 is 14.8 Å². The van der Waals surface area contributed by atoms with E-state index in [-0.39, 0.29) is 5.78 Å². The van der Waals surface area contributed by atoms with Crippen LogP contribution in [0.25, 0.3) is 5.70 Å². The van der Waals surface area contributed by atoms with Crippen molar-refractivity contribution in [3.8, 4) is 11.5 Å². The number of nitrogens with one attached hydrogen (secondary N) is 1. The molecule has 0 aromatic heterocycles. The van der Waals surface area contributed by atoms with Crippen molar-refractivity contribution in [1.29, 1.82) is 0 Å². The van der Waals surface area contributed by atoms with Gasteiger partial charge in [0.05, 0.1) is 38.0 Å². The van der Waals surface area contributed by atoms with E-state index in [2.05, 4.69) is 21.2 Å². The van der Waals surface area contributed by atoms with Gasteiger partial charge in [0.2, 0.25) is 0 Å². The van der Waals surface area contributed by atoms with E-state index >= 15 is 0 Å². The second-order valence-electron chi connectivity index (χ2n) is 7.21. The molecule has 0 fully saturated rings. The molecular weight excluding hydrogens is 462 g/mol. The van der Waals surface area contributed by atoms with Gasteiger partial charge in [0.15, 0.2) is 17.3 Å². The van der Waals surface area contributed by atoms with Crippen molar-refractivity contribution in [2.24, 2.45) is 0 Å². The maximum Gasteiger partial charge on any atom is 0.336 e. The summed E-state index contributed by atoms with van der Waals surface area (Å²) < 4.78 is 17.0. The quantitative estimate of drug-likeness (QED) is 0.626. The van der Waals surface area contributed by atoms with Gasteiger partial charge in [-0.1, -0.05) is 40.2 Å². The number of carbonyl (C=O) groups is 2. The third-order valence-electron chi connectivity index (χ3n) is 5.55. The molecule has 2 aliphatic rings. The minimum absolute atomic E-state index is 0.114. The van der Waals surface area contributed by atoms with E-state index in [1.165, 1.54) is 7.11 Å². The second-order valence-corrected chi connectivity index (χ2v) is 8.06. The van der Waals surface area contributed by atoms with Gasteiger partial charge in [-0.15, -0.1) is 0 Å². The van der Waals surface area contributed by atoms with Crippen LogP contribution in [0.15, 0.2) is 57.7 Å². The van der Waals surface area contributed by atoms with Gasteiger partial charge in [-0.25, -0.2) is 4.79 Å². The van der Waals surface area contributed by atoms with Gasteiger partial charge in [0.25, 0.3) is 0 Å². The van der Waals surface area contributed by atoms with Crippen molar-refractivity contribution in [3.05, 3.63) is 74.4 Å². The summed E-state index contributed by atoms with van der Waals surface area (Å²) in [7, 11) is 2.89. The standard InChI is InChI=1S/C24H22BrNO5/c1-5-31-18-11-16(25)15(10-17(18)29-3)20-19(24(28)30-4)12(2)26-22-13-8-6-7-9-14(13)23(27)21(20)22/h6-11,20,26H,5H2,1-4H3/t20-/m1/s1. The van der Waals surface area contributed by atoms with Crippen molar-refractivity contribution in [3.63, 3.8) is 0 Å². The lowest BCUT2D eigenvalue weighted by Crippen LogP contribution is -2.29. The van der Waals surface area contributed by atoms with Gasteiger partial charge in [0.1, 0.15) is 0 Å². The van der Waals surface area contributed by atoms with Crippen LogP contribution in [0.3, 0.4) is 0 Å². The first kappa shape index (κ1) is 21.2. The van der Waals surface area contributed by atoms with E-state index in [9.17, 15) is 9.59 Å². The molecule has 2 aromatic carbocycles. The SMILES string of the molecule is CCOc1cc(Br)c([C@@H]2C(C(=O)OC)=C(C)NC3=C2C(=O)c2ccccc23)cc1OC. The van der Waals surface area contributed by atoms with E-state index in [0.717, 1.165) is 16.8 Å². The number of methoxy groups -OCH3 is 2. The van der Waals surface area contributed by atoms with Crippen molar-refractivity contribution in [2.45, 2.75) is 19.8 Å². The largest absolute Gasteiger partial charge is 0.493 e. The topological polar surface area (TPSA) is 73.9 Å². The van der Waals surface area contributed by atoms with Gasteiger partial charge in [0, 0.05) is 26.9 Å². The number of hydrogen-bond acceptors (Lipinski definition) is 6. The lowest BCUT2D eigenvalue weighted by Gasteiger charge is -2.30. The number of esters is 1. The third-order valence-corrected chi connectivity index (χ3v) is 6.23. The maximum absolute atomic E-state index is 13.5. The Kier molecular flexibility index (Phi) is 5.62.